The molecule has 3 atom stereocenters. The monoisotopic (exact) mass is 452 g/mol. The summed E-state index contributed by atoms with van der Waals surface area (Å²) in [7, 11) is 1.52. The van der Waals surface area contributed by atoms with Crippen molar-refractivity contribution in [2.75, 3.05) is 26.9 Å². The summed E-state index contributed by atoms with van der Waals surface area (Å²) in [5.41, 5.74) is 4.49. The molecule has 33 heavy (non-hydrogen) atoms. The molecule has 2 amide bonds. The van der Waals surface area contributed by atoms with Crippen LogP contribution in [0.1, 0.15) is 29.9 Å². The van der Waals surface area contributed by atoms with Crippen molar-refractivity contribution in [3.05, 3.63) is 59.7 Å². The maximum absolute atomic E-state index is 12.6. The highest BCUT2D eigenvalue weighted by molar-refractivity contribution is 5.86. The summed E-state index contributed by atoms with van der Waals surface area (Å²) in [6, 6.07) is 15.3. The Hall–Kier alpha value is -3.39. The Morgan fingerprint density at radius 3 is 2.27 bits per heavy atom. The summed E-state index contributed by atoms with van der Waals surface area (Å²) in [5, 5.41) is 14.4. The number of methoxy groups -OCH3 is 1. The minimum absolute atomic E-state index is 0.0658. The van der Waals surface area contributed by atoms with Gasteiger partial charge in [0, 0.05) is 32.6 Å². The number of carboxylic acids is 1. The second-order valence-corrected chi connectivity index (χ2v) is 8.49. The number of carbonyl (C=O) groups is 3. The number of aliphatic carboxylic acids is 1. The van der Waals surface area contributed by atoms with Gasteiger partial charge in [-0.3, -0.25) is 9.59 Å². The summed E-state index contributed by atoms with van der Waals surface area (Å²) in [6.45, 7) is 0.704. The van der Waals surface area contributed by atoms with Crippen molar-refractivity contribution in [2.45, 2.75) is 24.8 Å². The van der Waals surface area contributed by atoms with E-state index in [2.05, 4.69) is 22.8 Å². The lowest BCUT2D eigenvalue weighted by atomic mass is 9.98. The van der Waals surface area contributed by atoms with Gasteiger partial charge in [-0.1, -0.05) is 48.5 Å². The van der Waals surface area contributed by atoms with E-state index in [0.717, 1.165) is 22.3 Å². The highest BCUT2D eigenvalue weighted by atomic mass is 16.5. The average Bonchev–Trinajstić information content (AvgIpc) is 3.54. The SMILES string of the molecule is COCCC(NC(=O)OCC1c2ccccc2-c2ccccc21)C(=O)NC[C@H]1C[C@H]1C(=O)O. The number of ether oxygens (including phenoxy) is 2. The number of alkyl carbamates (subject to hydrolysis) is 1. The molecule has 1 saturated carbocycles. The van der Waals surface area contributed by atoms with Gasteiger partial charge >= 0.3 is 12.1 Å². The number of hydrogen-bond donors (Lipinski definition) is 3. The molecule has 2 aliphatic carbocycles. The molecule has 3 N–H and O–H groups in total. The van der Waals surface area contributed by atoms with E-state index in [1.165, 1.54) is 7.11 Å². The lowest BCUT2D eigenvalue weighted by Gasteiger charge is -2.19. The van der Waals surface area contributed by atoms with Gasteiger partial charge in [-0.2, -0.15) is 0 Å². The number of benzene rings is 2. The first-order chi connectivity index (χ1) is 16.0. The Balaban J connectivity index is 1.34. The first kappa shape index (κ1) is 22.8. The highest BCUT2D eigenvalue weighted by Gasteiger charge is 2.43. The van der Waals surface area contributed by atoms with Crippen molar-refractivity contribution in [2.24, 2.45) is 11.8 Å². The Labute approximate surface area is 192 Å². The molecule has 8 heteroatoms. The van der Waals surface area contributed by atoms with Crippen molar-refractivity contribution in [1.82, 2.24) is 10.6 Å². The van der Waals surface area contributed by atoms with Gasteiger partial charge in [-0.15, -0.1) is 0 Å². The molecule has 1 fully saturated rings. The molecule has 0 bridgehead atoms. The molecule has 1 unspecified atom stereocenters. The van der Waals surface area contributed by atoms with Crippen LogP contribution in [0.5, 0.6) is 0 Å². The molecular weight excluding hydrogens is 424 g/mol. The maximum atomic E-state index is 12.6. The van der Waals surface area contributed by atoms with Crippen LogP contribution in [0.3, 0.4) is 0 Å². The molecule has 0 saturated heterocycles. The lowest BCUT2D eigenvalue weighted by Crippen LogP contribution is -2.48. The summed E-state index contributed by atoms with van der Waals surface area (Å²) in [5.74, 6) is -1.77. The largest absolute Gasteiger partial charge is 0.481 e. The Bertz CT molecular complexity index is 994. The molecule has 8 nitrogen and oxygen atoms in total. The highest BCUT2D eigenvalue weighted by Crippen LogP contribution is 2.44. The van der Waals surface area contributed by atoms with E-state index in [9.17, 15) is 14.4 Å². The second-order valence-electron chi connectivity index (χ2n) is 8.49. The van der Waals surface area contributed by atoms with E-state index < -0.39 is 24.0 Å². The van der Waals surface area contributed by atoms with E-state index in [0.29, 0.717) is 6.42 Å². The zero-order chi connectivity index (χ0) is 23.4. The minimum Gasteiger partial charge on any atom is -0.481 e. The van der Waals surface area contributed by atoms with Gasteiger partial charge in [0.1, 0.15) is 12.6 Å². The molecule has 174 valence electrons. The van der Waals surface area contributed by atoms with Gasteiger partial charge in [-0.25, -0.2) is 4.79 Å². The molecule has 2 aromatic carbocycles. The number of hydrogen-bond acceptors (Lipinski definition) is 5. The second kappa shape index (κ2) is 10.0. The Morgan fingerprint density at radius 2 is 1.70 bits per heavy atom. The van der Waals surface area contributed by atoms with Crippen molar-refractivity contribution in [3.8, 4) is 11.1 Å². The molecule has 0 spiro atoms. The van der Waals surface area contributed by atoms with E-state index >= 15 is 0 Å². The fourth-order valence-corrected chi connectivity index (χ4v) is 4.42. The number of fused-ring (bicyclic) bond motifs is 3. The molecule has 0 aromatic heterocycles. The number of rotatable bonds is 10. The number of amides is 2. The quantitative estimate of drug-likeness (QED) is 0.511. The van der Waals surface area contributed by atoms with Gasteiger partial charge in [-0.05, 0) is 34.6 Å². The van der Waals surface area contributed by atoms with Crippen LogP contribution in [0.4, 0.5) is 4.79 Å². The first-order valence-corrected chi connectivity index (χ1v) is 11.1. The molecule has 0 heterocycles. The average molecular weight is 453 g/mol. The standard InChI is InChI=1S/C25H28N2O6/c1-32-11-10-22(23(28)26-13-15-12-20(15)24(29)30)27-25(31)33-14-21-18-8-4-2-6-16(18)17-7-3-5-9-19(17)21/h2-9,15,20-22H,10-14H2,1H3,(H,26,28)(H,27,31)(H,29,30)/t15-,20-,22?/m1/s1. The summed E-state index contributed by atoms with van der Waals surface area (Å²) >= 11 is 0. The third-order valence-corrected chi connectivity index (χ3v) is 6.34. The third-order valence-electron chi connectivity index (χ3n) is 6.34. The van der Waals surface area contributed by atoms with Crippen LogP contribution in [0.2, 0.25) is 0 Å². The fraction of sp³-hybridized carbons (Fsp3) is 0.400. The van der Waals surface area contributed by atoms with Crippen LogP contribution in [-0.2, 0) is 19.1 Å². The summed E-state index contributed by atoms with van der Waals surface area (Å²) < 4.78 is 10.6. The molecule has 2 aromatic rings. The third kappa shape index (κ3) is 5.17. The number of carboxylic acid groups (broad SMARTS) is 1. The predicted molar refractivity (Wildman–Crippen MR) is 121 cm³/mol. The Kier molecular flexibility index (Phi) is 6.93. The van der Waals surface area contributed by atoms with Crippen molar-refractivity contribution >= 4 is 18.0 Å². The van der Waals surface area contributed by atoms with Crippen LogP contribution < -0.4 is 10.6 Å². The van der Waals surface area contributed by atoms with E-state index in [-0.39, 0.29) is 43.9 Å². The van der Waals surface area contributed by atoms with Gasteiger partial charge in [0.25, 0.3) is 0 Å². The number of nitrogens with one attached hydrogen (secondary N) is 2. The van der Waals surface area contributed by atoms with Crippen molar-refractivity contribution < 1.29 is 29.0 Å². The minimum atomic E-state index is -0.845. The van der Waals surface area contributed by atoms with Crippen LogP contribution in [0.25, 0.3) is 11.1 Å². The van der Waals surface area contributed by atoms with Crippen LogP contribution in [0, 0.1) is 11.8 Å². The predicted octanol–water partition coefficient (Wildman–Crippen LogP) is 2.77. The zero-order valence-electron chi connectivity index (χ0n) is 18.5. The molecule has 2 aliphatic rings. The topological polar surface area (TPSA) is 114 Å². The molecule has 0 aliphatic heterocycles. The Morgan fingerprint density at radius 1 is 1.06 bits per heavy atom. The normalized spacial score (nSPS) is 19.2. The zero-order valence-corrected chi connectivity index (χ0v) is 18.5. The van der Waals surface area contributed by atoms with Gasteiger partial charge in [0.15, 0.2) is 0 Å². The van der Waals surface area contributed by atoms with E-state index in [1.807, 2.05) is 36.4 Å². The molecular formula is C25H28N2O6. The van der Waals surface area contributed by atoms with E-state index in [4.69, 9.17) is 14.6 Å². The van der Waals surface area contributed by atoms with Crippen LogP contribution in [-0.4, -0.2) is 56.0 Å². The molecule has 0 radical (unpaired) electrons. The van der Waals surface area contributed by atoms with E-state index in [1.54, 1.807) is 0 Å². The van der Waals surface area contributed by atoms with Crippen LogP contribution in [0.15, 0.2) is 48.5 Å². The fourth-order valence-electron chi connectivity index (χ4n) is 4.42. The van der Waals surface area contributed by atoms with Crippen LogP contribution >= 0.6 is 0 Å². The van der Waals surface area contributed by atoms with Gasteiger partial charge < -0.3 is 25.2 Å². The maximum Gasteiger partial charge on any atom is 0.407 e. The van der Waals surface area contributed by atoms with Gasteiger partial charge in [0.2, 0.25) is 5.91 Å². The molecule has 4 rings (SSSR count). The first-order valence-electron chi connectivity index (χ1n) is 11.1. The number of carbonyl (C=O) groups excluding carboxylic acids is 2. The summed E-state index contributed by atoms with van der Waals surface area (Å²) in [4.78, 5) is 36.1. The lowest BCUT2D eigenvalue weighted by molar-refractivity contribution is -0.139. The summed E-state index contributed by atoms with van der Waals surface area (Å²) in [6.07, 6.45) is 0.153. The smallest absolute Gasteiger partial charge is 0.407 e. The van der Waals surface area contributed by atoms with Crippen molar-refractivity contribution in [1.29, 1.82) is 0 Å². The van der Waals surface area contributed by atoms with Gasteiger partial charge in [0.05, 0.1) is 5.92 Å². The van der Waals surface area contributed by atoms with Crippen molar-refractivity contribution in [3.63, 3.8) is 0 Å².